The third kappa shape index (κ3) is 3.26. The van der Waals surface area contributed by atoms with Gasteiger partial charge in [0.05, 0.1) is 10.3 Å². The number of sulfone groups is 1. The lowest BCUT2D eigenvalue weighted by molar-refractivity contribution is -0.118. The van der Waals surface area contributed by atoms with E-state index in [1.807, 2.05) is 18.2 Å². The number of anilines is 1. The Morgan fingerprint density at radius 3 is 2.30 bits per heavy atom. The van der Waals surface area contributed by atoms with Crippen molar-refractivity contribution in [2.45, 2.75) is 23.2 Å². The third-order valence-electron chi connectivity index (χ3n) is 4.10. The summed E-state index contributed by atoms with van der Waals surface area (Å²) < 4.78 is 22.9. The van der Waals surface area contributed by atoms with Crippen LogP contribution in [0.1, 0.15) is 18.4 Å². The van der Waals surface area contributed by atoms with Gasteiger partial charge in [-0.2, -0.15) is 0 Å². The van der Waals surface area contributed by atoms with Gasteiger partial charge in [-0.3, -0.25) is 4.79 Å². The number of rotatable bonds is 4. The molecule has 6 heteroatoms. The number of hydrogen-bond donors (Lipinski definition) is 1. The maximum Gasteiger partial charge on any atom is 0.235 e. The Bertz CT molecular complexity index is 856. The van der Waals surface area contributed by atoms with Crippen LogP contribution < -0.4 is 5.32 Å². The maximum absolute atomic E-state index is 12.6. The lowest BCUT2D eigenvalue weighted by Gasteiger charge is -2.16. The highest BCUT2D eigenvalue weighted by Gasteiger charge is 2.51. The minimum atomic E-state index is -3.24. The van der Waals surface area contributed by atoms with Gasteiger partial charge < -0.3 is 5.32 Å². The predicted molar refractivity (Wildman–Crippen MR) is 90.5 cm³/mol. The molecule has 0 atom stereocenters. The predicted octanol–water partition coefficient (Wildman–Crippen LogP) is 3.41. The molecule has 0 radical (unpaired) electrons. The van der Waals surface area contributed by atoms with E-state index in [9.17, 15) is 13.2 Å². The van der Waals surface area contributed by atoms with E-state index in [0.29, 0.717) is 10.7 Å². The van der Waals surface area contributed by atoms with Gasteiger partial charge in [-0.15, -0.1) is 0 Å². The van der Waals surface area contributed by atoms with Crippen LogP contribution in [0.4, 0.5) is 5.69 Å². The average Bonchev–Trinajstić information content (AvgIpc) is 3.28. The van der Waals surface area contributed by atoms with Crippen molar-refractivity contribution in [2.24, 2.45) is 0 Å². The Labute approximate surface area is 140 Å². The third-order valence-corrected chi connectivity index (χ3v) is 5.47. The topological polar surface area (TPSA) is 63.2 Å². The number of carbonyl (C=O) groups excluding carboxylic acids is 1. The fourth-order valence-corrected chi connectivity index (χ4v) is 3.41. The van der Waals surface area contributed by atoms with Crippen molar-refractivity contribution in [3.05, 3.63) is 59.1 Å². The highest BCUT2D eigenvalue weighted by molar-refractivity contribution is 7.90. The van der Waals surface area contributed by atoms with E-state index in [4.69, 9.17) is 11.6 Å². The van der Waals surface area contributed by atoms with Crippen LogP contribution in [0.2, 0.25) is 5.02 Å². The second kappa shape index (κ2) is 5.65. The van der Waals surface area contributed by atoms with E-state index in [1.165, 1.54) is 12.1 Å². The first-order valence-electron chi connectivity index (χ1n) is 7.19. The van der Waals surface area contributed by atoms with E-state index < -0.39 is 15.3 Å². The van der Waals surface area contributed by atoms with E-state index in [1.54, 1.807) is 18.2 Å². The normalized spacial score (nSPS) is 15.9. The Kier molecular flexibility index (Phi) is 3.94. The first kappa shape index (κ1) is 16.0. The first-order valence-corrected chi connectivity index (χ1v) is 9.46. The molecule has 1 aliphatic rings. The fourth-order valence-electron chi connectivity index (χ4n) is 2.59. The summed E-state index contributed by atoms with van der Waals surface area (Å²) >= 11 is 6.02. The molecule has 2 aromatic carbocycles. The minimum Gasteiger partial charge on any atom is -0.325 e. The lowest BCUT2D eigenvalue weighted by atomic mass is 9.95. The van der Waals surface area contributed by atoms with E-state index in [2.05, 4.69) is 5.32 Å². The van der Waals surface area contributed by atoms with Crippen molar-refractivity contribution in [3.63, 3.8) is 0 Å². The SMILES string of the molecule is CS(=O)(=O)c1ccc(NC(=O)C2(c3cccc(Cl)c3)CC2)cc1. The molecule has 1 fully saturated rings. The molecule has 0 unspecified atom stereocenters. The summed E-state index contributed by atoms with van der Waals surface area (Å²) in [7, 11) is -3.24. The van der Waals surface area contributed by atoms with Gasteiger partial charge in [-0.05, 0) is 54.8 Å². The molecule has 1 aliphatic carbocycles. The van der Waals surface area contributed by atoms with Crippen LogP contribution in [0, 0.1) is 0 Å². The second-order valence-electron chi connectivity index (χ2n) is 5.84. The molecule has 120 valence electrons. The molecule has 0 aliphatic heterocycles. The zero-order valence-corrected chi connectivity index (χ0v) is 14.1. The summed E-state index contributed by atoms with van der Waals surface area (Å²) in [5.74, 6) is -0.0909. The van der Waals surface area contributed by atoms with Crippen molar-refractivity contribution in [2.75, 3.05) is 11.6 Å². The molecule has 2 aromatic rings. The molecule has 0 spiro atoms. The molecule has 0 aromatic heterocycles. The molecule has 0 heterocycles. The van der Waals surface area contributed by atoms with Gasteiger partial charge in [-0.1, -0.05) is 23.7 Å². The van der Waals surface area contributed by atoms with Crippen LogP contribution in [0.3, 0.4) is 0 Å². The largest absolute Gasteiger partial charge is 0.325 e. The zero-order valence-electron chi connectivity index (χ0n) is 12.5. The second-order valence-corrected chi connectivity index (χ2v) is 8.30. The van der Waals surface area contributed by atoms with E-state index in [0.717, 1.165) is 24.7 Å². The number of amides is 1. The first-order chi connectivity index (χ1) is 10.8. The van der Waals surface area contributed by atoms with Crippen LogP contribution in [0.15, 0.2) is 53.4 Å². The minimum absolute atomic E-state index is 0.0909. The number of halogens is 1. The van der Waals surface area contributed by atoms with E-state index >= 15 is 0 Å². The number of nitrogens with one attached hydrogen (secondary N) is 1. The molecule has 23 heavy (non-hydrogen) atoms. The molecular weight excluding hydrogens is 334 g/mol. The van der Waals surface area contributed by atoms with Crippen molar-refractivity contribution in [3.8, 4) is 0 Å². The van der Waals surface area contributed by atoms with Crippen LogP contribution >= 0.6 is 11.6 Å². The summed E-state index contributed by atoms with van der Waals surface area (Å²) in [6.07, 6.45) is 2.71. The lowest BCUT2D eigenvalue weighted by Crippen LogP contribution is -2.27. The van der Waals surface area contributed by atoms with Gasteiger partial charge in [0.2, 0.25) is 5.91 Å². The summed E-state index contributed by atoms with van der Waals surface area (Å²) in [4.78, 5) is 12.8. The number of hydrogen-bond acceptors (Lipinski definition) is 3. The van der Waals surface area contributed by atoms with Crippen molar-refractivity contribution in [1.82, 2.24) is 0 Å². The Balaban J connectivity index is 1.79. The monoisotopic (exact) mass is 349 g/mol. The number of carbonyl (C=O) groups is 1. The molecule has 4 nitrogen and oxygen atoms in total. The highest BCUT2D eigenvalue weighted by atomic mass is 35.5. The van der Waals surface area contributed by atoms with Gasteiger partial charge in [-0.25, -0.2) is 8.42 Å². The van der Waals surface area contributed by atoms with Gasteiger partial charge in [0.25, 0.3) is 0 Å². The Hall–Kier alpha value is -1.85. The molecule has 3 rings (SSSR count). The molecule has 1 amide bonds. The quantitative estimate of drug-likeness (QED) is 0.920. The van der Waals surface area contributed by atoms with Crippen LogP contribution in [0.5, 0.6) is 0 Å². The van der Waals surface area contributed by atoms with Gasteiger partial charge in [0.15, 0.2) is 9.84 Å². The van der Waals surface area contributed by atoms with Gasteiger partial charge in [0, 0.05) is 17.0 Å². The fraction of sp³-hybridized carbons (Fsp3) is 0.235. The zero-order chi connectivity index (χ0) is 16.7. The summed E-state index contributed by atoms with van der Waals surface area (Å²) in [5, 5.41) is 3.47. The maximum atomic E-state index is 12.6. The molecule has 0 bridgehead atoms. The van der Waals surface area contributed by atoms with Crippen LogP contribution in [-0.4, -0.2) is 20.6 Å². The Morgan fingerprint density at radius 2 is 1.78 bits per heavy atom. The molecular formula is C17H16ClNO3S. The molecule has 1 N–H and O–H groups in total. The smallest absolute Gasteiger partial charge is 0.235 e. The van der Waals surface area contributed by atoms with Crippen molar-refractivity contribution < 1.29 is 13.2 Å². The average molecular weight is 350 g/mol. The van der Waals surface area contributed by atoms with Crippen molar-refractivity contribution >= 4 is 33.0 Å². The summed E-state index contributed by atoms with van der Waals surface area (Å²) in [6, 6.07) is 13.5. The van der Waals surface area contributed by atoms with E-state index in [-0.39, 0.29) is 10.8 Å². The molecule has 1 saturated carbocycles. The highest BCUT2D eigenvalue weighted by Crippen LogP contribution is 2.49. The molecule has 0 saturated heterocycles. The summed E-state index contributed by atoms with van der Waals surface area (Å²) in [5.41, 5.74) is 0.964. The van der Waals surface area contributed by atoms with Crippen LogP contribution in [-0.2, 0) is 20.0 Å². The Morgan fingerprint density at radius 1 is 1.13 bits per heavy atom. The summed E-state index contributed by atoms with van der Waals surface area (Å²) in [6.45, 7) is 0. The van der Waals surface area contributed by atoms with Crippen molar-refractivity contribution in [1.29, 1.82) is 0 Å². The standard InChI is InChI=1S/C17H16ClNO3S/c1-23(21,22)15-7-5-14(6-8-15)19-16(20)17(9-10-17)12-3-2-4-13(18)11-12/h2-8,11H,9-10H2,1H3,(H,19,20). The van der Waals surface area contributed by atoms with Gasteiger partial charge >= 0.3 is 0 Å². The van der Waals surface area contributed by atoms with Gasteiger partial charge in [0.1, 0.15) is 0 Å². The van der Waals surface area contributed by atoms with Crippen LogP contribution in [0.25, 0.3) is 0 Å². The number of benzene rings is 2.